The van der Waals surface area contributed by atoms with Crippen molar-refractivity contribution < 1.29 is 14.3 Å². The van der Waals surface area contributed by atoms with Crippen LogP contribution in [0.5, 0.6) is 5.75 Å². The van der Waals surface area contributed by atoms with Crippen LogP contribution in [0.1, 0.15) is 33.6 Å². The van der Waals surface area contributed by atoms with E-state index in [-0.39, 0.29) is 6.09 Å². The van der Waals surface area contributed by atoms with E-state index in [0.717, 1.165) is 29.5 Å². The molecule has 0 saturated carbocycles. The second-order valence-electron chi connectivity index (χ2n) is 7.69. The number of halogens is 1. The number of carbonyl (C=O) groups excluding carboxylic acids is 1. The first-order valence-corrected chi connectivity index (χ1v) is 9.34. The van der Waals surface area contributed by atoms with Crippen molar-refractivity contribution in [2.24, 2.45) is 5.92 Å². The van der Waals surface area contributed by atoms with Crippen LogP contribution in [0.25, 0.3) is 10.9 Å². The van der Waals surface area contributed by atoms with Crippen LogP contribution in [0, 0.1) is 5.92 Å². The van der Waals surface area contributed by atoms with Crippen LogP contribution < -0.4 is 4.74 Å². The Balaban J connectivity index is 1.50. The van der Waals surface area contributed by atoms with Crippen molar-refractivity contribution in [2.75, 3.05) is 19.7 Å². The molecule has 1 aliphatic rings. The molecule has 0 bridgehead atoms. The summed E-state index contributed by atoms with van der Waals surface area (Å²) in [5, 5.41) is 1.61. The number of hydrogen-bond acceptors (Lipinski definition) is 4. The Morgan fingerprint density at radius 2 is 2.00 bits per heavy atom. The third kappa shape index (κ3) is 4.79. The van der Waals surface area contributed by atoms with Crippen molar-refractivity contribution in [2.45, 2.75) is 39.2 Å². The Bertz CT molecular complexity index is 780. The van der Waals surface area contributed by atoms with E-state index < -0.39 is 5.60 Å². The SMILES string of the molecule is CC(C)(C)OC(=O)N1CCC(COc2ccc3c(Cl)ccnc3c2)CC1. The van der Waals surface area contributed by atoms with Gasteiger partial charge in [-0.05, 0) is 57.7 Å². The van der Waals surface area contributed by atoms with Gasteiger partial charge >= 0.3 is 6.09 Å². The minimum atomic E-state index is -0.454. The summed E-state index contributed by atoms with van der Waals surface area (Å²) in [5.74, 6) is 1.22. The van der Waals surface area contributed by atoms with Gasteiger partial charge in [0.1, 0.15) is 11.4 Å². The smallest absolute Gasteiger partial charge is 0.410 e. The molecule has 0 N–H and O–H groups in total. The molecule has 1 aromatic heterocycles. The first-order valence-electron chi connectivity index (χ1n) is 8.97. The van der Waals surface area contributed by atoms with Gasteiger partial charge in [-0.3, -0.25) is 4.98 Å². The third-order valence-electron chi connectivity index (χ3n) is 4.41. The molecule has 0 unspecified atom stereocenters. The summed E-state index contributed by atoms with van der Waals surface area (Å²) in [6, 6.07) is 7.55. The maximum absolute atomic E-state index is 12.1. The van der Waals surface area contributed by atoms with Gasteiger partial charge < -0.3 is 14.4 Å². The van der Waals surface area contributed by atoms with Crippen molar-refractivity contribution >= 4 is 28.6 Å². The highest BCUT2D eigenvalue weighted by Gasteiger charge is 2.27. The number of rotatable bonds is 3. The van der Waals surface area contributed by atoms with E-state index in [9.17, 15) is 4.79 Å². The number of pyridine rings is 1. The van der Waals surface area contributed by atoms with Gasteiger partial charge in [0.05, 0.1) is 17.1 Å². The quantitative estimate of drug-likeness (QED) is 0.763. The Morgan fingerprint density at radius 1 is 1.27 bits per heavy atom. The highest BCUT2D eigenvalue weighted by Crippen LogP contribution is 2.26. The lowest BCUT2D eigenvalue weighted by atomic mass is 9.98. The van der Waals surface area contributed by atoms with Gasteiger partial charge in [-0.25, -0.2) is 4.79 Å². The van der Waals surface area contributed by atoms with Crippen molar-refractivity contribution in [1.82, 2.24) is 9.88 Å². The minimum absolute atomic E-state index is 0.227. The van der Waals surface area contributed by atoms with E-state index in [1.807, 2.05) is 39.0 Å². The normalized spacial score (nSPS) is 15.9. The minimum Gasteiger partial charge on any atom is -0.493 e. The molecular formula is C20H25ClN2O3. The lowest BCUT2D eigenvalue weighted by Crippen LogP contribution is -2.42. The molecule has 6 heteroatoms. The number of fused-ring (bicyclic) bond motifs is 1. The largest absolute Gasteiger partial charge is 0.493 e. The third-order valence-corrected chi connectivity index (χ3v) is 4.74. The fourth-order valence-electron chi connectivity index (χ4n) is 3.01. The zero-order valence-electron chi connectivity index (χ0n) is 15.5. The van der Waals surface area contributed by atoms with Gasteiger partial charge in [-0.2, -0.15) is 0 Å². The Morgan fingerprint density at radius 3 is 2.69 bits per heavy atom. The van der Waals surface area contributed by atoms with Crippen LogP contribution in [-0.4, -0.2) is 41.3 Å². The fourth-order valence-corrected chi connectivity index (χ4v) is 3.22. The fraction of sp³-hybridized carbons (Fsp3) is 0.500. The van der Waals surface area contributed by atoms with E-state index >= 15 is 0 Å². The molecule has 1 amide bonds. The number of amides is 1. The number of hydrogen-bond donors (Lipinski definition) is 0. The zero-order chi connectivity index (χ0) is 18.7. The van der Waals surface area contributed by atoms with Gasteiger partial charge in [0, 0.05) is 30.7 Å². The van der Waals surface area contributed by atoms with Crippen molar-refractivity contribution in [1.29, 1.82) is 0 Å². The number of nitrogens with zero attached hydrogens (tertiary/aromatic N) is 2. The number of piperidine rings is 1. The summed E-state index contributed by atoms with van der Waals surface area (Å²) in [6.45, 7) is 7.70. The summed E-state index contributed by atoms with van der Waals surface area (Å²) in [7, 11) is 0. The molecule has 5 nitrogen and oxygen atoms in total. The van der Waals surface area contributed by atoms with Crippen LogP contribution in [0.15, 0.2) is 30.5 Å². The predicted molar refractivity (Wildman–Crippen MR) is 103 cm³/mol. The van der Waals surface area contributed by atoms with Gasteiger partial charge in [0.15, 0.2) is 0 Å². The van der Waals surface area contributed by atoms with Gasteiger partial charge in [-0.1, -0.05) is 11.6 Å². The monoisotopic (exact) mass is 376 g/mol. The molecule has 0 spiro atoms. The van der Waals surface area contributed by atoms with Gasteiger partial charge in [-0.15, -0.1) is 0 Å². The lowest BCUT2D eigenvalue weighted by molar-refractivity contribution is 0.0165. The van der Waals surface area contributed by atoms with Gasteiger partial charge in [0.2, 0.25) is 0 Å². The number of aromatic nitrogens is 1. The molecule has 2 heterocycles. The van der Waals surface area contributed by atoms with Crippen LogP contribution in [0.4, 0.5) is 4.79 Å². The van der Waals surface area contributed by atoms with E-state index in [2.05, 4.69) is 4.98 Å². The van der Waals surface area contributed by atoms with Crippen LogP contribution in [0.2, 0.25) is 5.02 Å². The molecular weight excluding hydrogens is 352 g/mol. The molecule has 0 radical (unpaired) electrons. The first-order chi connectivity index (χ1) is 12.3. The standard InChI is InChI=1S/C20H25ClN2O3/c1-20(2,3)26-19(24)23-10-7-14(8-11-23)13-25-15-4-5-16-17(21)6-9-22-18(16)12-15/h4-6,9,12,14H,7-8,10-11,13H2,1-3H3. The second kappa shape index (κ2) is 7.70. The molecule has 1 aliphatic heterocycles. The zero-order valence-corrected chi connectivity index (χ0v) is 16.3. The van der Waals surface area contributed by atoms with Crippen molar-refractivity contribution in [3.63, 3.8) is 0 Å². The summed E-state index contributed by atoms with van der Waals surface area (Å²) in [5.41, 5.74) is 0.374. The van der Waals surface area contributed by atoms with Crippen LogP contribution in [0.3, 0.4) is 0 Å². The molecule has 3 rings (SSSR count). The highest BCUT2D eigenvalue weighted by atomic mass is 35.5. The Labute approximate surface area is 159 Å². The van der Waals surface area contributed by atoms with Crippen molar-refractivity contribution in [3.8, 4) is 5.75 Å². The molecule has 1 fully saturated rings. The maximum Gasteiger partial charge on any atom is 0.410 e. The number of ether oxygens (including phenoxy) is 2. The van der Waals surface area contributed by atoms with Crippen LogP contribution in [-0.2, 0) is 4.74 Å². The van der Waals surface area contributed by atoms with Crippen molar-refractivity contribution in [3.05, 3.63) is 35.5 Å². The van der Waals surface area contributed by atoms with E-state index in [4.69, 9.17) is 21.1 Å². The van der Waals surface area contributed by atoms with E-state index in [1.165, 1.54) is 0 Å². The molecule has 140 valence electrons. The number of carbonyl (C=O) groups is 1. The summed E-state index contributed by atoms with van der Waals surface area (Å²) < 4.78 is 11.4. The molecule has 1 saturated heterocycles. The Hall–Kier alpha value is -2.01. The highest BCUT2D eigenvalue weighted by molar-refractivity contribution is 6.35. The molecule has 2 aromatic rings. The van der Waals surface area contributed by atoms with E-state index in [0.29, 0.717) is 30.6 Å². The lowest BCUT2D eigenvalue weighted by Gasteiger charge is -2.33. The topological polar surface area (TPSA) is 51.7 Å². The number of likely N-dealkylation sites (tertiary alicyclic amines) is 1. The number of benzene rings is 1. The average Bonchev–Trinajstić information content (AvgIpc) is 2.59. The molecule has 1 aromatic carbocycles. The van der Waals surface area contributed by atoms with E-state index in [1.54, 1.807) is 17.2 Å². The van der Waals surface area contributed by atoms with Gasteiger partial charge in [0.25, 0.3) is 0 Å². The Kier molecular flexibility index (Phi) is 5.56. The maximum atomic E-state index is 12.1. The predicted octanol–water partition coefficient (Wildman–Crippen LogP) is 4.91. The summed E-state index contributed by atoms with van der Waals surface area (Å²) >= 11 is 6.16. The average molecular weight is 377 g/mol. The van der Waals surface area contributed by atoms with Crippen LogP contribution >= 0.6 is 11.6 Å². The molecule has 0 atom stereocenters. The summed E-state index contributed by atoms with van der Waals surface area (Å²) in [4.78, 5) is 18.2. The molecule has 0 aliphatic carbocycles. The summed E-state index contributed by atoms with van der Waals surface area (Å²) in [6.07, 6.45) is 3.30. The first kappa shape index (κ1) is 18.8. The second-order valence-corrected chi connectivity index (χ2v) is 8.10. The molecule has 26 heavy (non-hydrogen) atoms.